The van der Waals surface area contributed by atoms with Crippen LogP contribution >= 0.6 is 11.3 Å². The fourth-order valence-electron chi connectivity index (χ4n) is 3.14. The average Bonchev–Trinajstić information content (AvgIpc) is 3.21. The van der Waals surface area contributed by atoms with Crippen molar-refractivity contribution in [3.63, 3.8) is 0 Å². The first-order chi connectivity index (χ1) is 12.6. The first kappa shape index (κ1) is 16.9. The van der Waals surface area contributed by atoms with Gasteiger partial charge in [-0.15, -0.1) is 11.3 Å². The predicted molar refractivity (Wildman–Crippen MR) is 106 cm³/mol. The zero-order chi connectivity index (χ0) is 18.1. The van der Waals surface area contributed by atoms with Gasteiger partial charge in [0.2, 0.25) is 5.89 Å². The van der Waals surface area contributed by atoms with Gasteiger partial charge in [0.25, 0.3) is 0 Å². The van der Waals surface area contributed by atoms with Crippen LogP contribution < -0.4 is 0 Å². The van der Waals surface area contributed by atoms with Crippen LogP contribution in [0.3, 0.4) is 0 Å². The van der Waals surface area contributed by atoms with Crippen molar-refractivity contribution in [1.82, 2.24) is 14.9 Å². The van der Waals surface area contributed by atoms with E-state index in [0.717, 1.165) is 40.8 Å². The molecule has 4 rings (SSSR count). The quantitative estimate of drug-likeness (QED) is 0.489. The molecule has 0 aliphatic heterocycles. The number of aromatic nitrogens is 2. The Labute approximate surface area is 157 Å². The van der Waals surface area contributed by atoms with E-state index in [1.54, 1.807) is 11.3 Å². The monoisotopic (exact) mass is 363 g/mol. The van der Waals surface area contributed by atoms with Gasteiger partial charge in [0.1, 0.15) is 5.76 Å². The van der Waals surface area contributed by atoms with Gasteiger partial charge in [-0.3, -0.25) is 9.88 Å². The maximum absolute atomic E-state index is 5.90. The number of benzene rings is 1. The van der Waals surface area contributed by atoms with Crippen molar-refractivity contribution in [2.24, 2.45) is 0 Å². The number of nitrogens with zero attached hydrogens (tertiary/aromatic N) is 3. The van der Waals surface area contributed by atoms with Gasteiger partial charge in [-0.1, -0.05) is 18.2 Å². The molecule has 0 saturated carbocycles. The standard InChI is InChI=1S/C21H21N3OS/c1-14-9-10-20(26-14)21-23-19(15(2)25-21)13-24(3)12-16-6-4-8-18-17(16)7-5-11-22-18/h4-11H,12-13H2,1-3H3. The van der Waals surface area contributed by atoms with Crippen LogP contribution in [0.4, 0.5) is 0 Å². The normalized spacial score (nSPS) is 11.5. The Balaban J connectivity index is 1.53. The minimum atomic E-state index is 0.721. The lowest BCUT2D eigenvalue weighted by molar-refractivity contribution is 0.314. The molecule has 0 bridgehead atoms. The third kappa shape index (κ3) is 3.41. The lowest BCUT2D eigenvalue weighted by Crippen LogP contribution is -2.18. The third-order valence-corrected chi connectivity index (χ3v) is 5.43. The molecule has 0 aliphatic carbocycles. The van der Waals surface area contributed by atoms with E-state index in [0.29, 0.717) is 0 Å². The number of hydrogen-bond acceptors (Lipinski definition) is 5. The van der Waals surface area contributed by atoms with Crippen molar-refractivity contribution in [3.8, 4) is 10.8 Å². The van der Waals surface area contributed by atoms with Crippen molar-refractivity contribution < 1.29 is 4.42 Å². The summed E-state index contributed by atoms with van der Waals surface area (Å²) in [6, 6.07) is 14.6. The van der Waals surface area contributed by atoms with Gasteiger partial charge >= 0.3 is 0 Å². The van der Waals surface area contributed by atoms with Crippen LogP contribution in [0.25, 0.3) is 21.7 Å². The zero-order valence-corrected chi connectivity index (χ0v) is 16.0. The maximum atomic E-state index is 5.90. The number of fused-ring (bicyclic) bond motifs is 1. The molecule has 3 heterocycles. The van der Waals surface area contributed by atoms with E-state index in [2.05, 4.69) is 60.3 Å². The van der Waals surface area contributed by atoms with Gasteiger partial charge in [0.05, 0.1) is 16.1 Å². The number of thiophene rings is 1. The van der Waals surface area contributed by atoms with Crippen LogP contribution in [0.5, 0.6) is 0 Å². The molecule has 5 heteroatoms. The van der Waals surface area contributed by atoms with Gasteiger partial charge in [0, 0.05) is 29.5 Å². The van der Waals surface area contributed by atoms with E-state index >= 15 is 0 Å². The van der Waals surface area contributed by atoms with Crippen LogP contribution in [0.1, 0.15) is 21.9 Å². The number of pyridine rings is 1. The Morgan fingerprint density at radius 2 is 1.92 bits per heavy atom. The Hall–Kier alpha value is -2.50. The van der Waals surface area contributed by atoms with Crippen molar-refractivity contribution in [1.29, 1.82) is 0 Å². The second-order valence-electron chi connectivity index (χ2n) is 6.59. The van der Waals surface area contributed by atoms with Crippen molar-refractivity contribution in [3.05, 3.63) is 70.6 Å². The van der Waals surface area contributed by atoms with Crippen LogP contribution in [0.15, 0.2) is 53.1 Å². The third-order valence-electron chi connectivity index (χ3n) is 4.44. The fourth-order valence-corrected chi connectivity index (χ4v) is 3.93. The van der Waals surface area contributed by atoms with Crippen LogP contribution in [0, 0.1) is 13.8 Å². The lowest BCUT2D eigenvalue weighted by Gasteiger charge is -2.16. The highest BCUT2D eigenvalue weighted by Gasteiger charge is 2.15. The van der Waals surface area contributed by atoms with Crippen molar-refractivity contribution in [2.45, 2.75) is 26.9 Å². The summed E-state index contributed by atoms with van der Waals surface area (Å²) in [5.41, 5.74) is 3.30. The average molecular weight is 363 g/mol. The summed E-state index contributed by atoms with van der Waals surface area (Å²) in [7, 11) is 2.11. The first-order valence-electron chi connectivity index (χ1n) is 8.64. The second-order valence-corrected chi connectivity index (χ2v) is 7.88. The Bertz CT molecular complexity index is 1050. The van der Waals surface area contributed by atoms with E-state index in [1.807, 2.05) is 19.2 Å². The van der Waals surface area contributed by atoms with Gasteiger partial charge in [-0.05, 0) is 50.7 Å². The summed E-state index contributed by atoms with van der Waals surface area (Å²) in [5.74, 6) is 1.61. The van der Waals surface area contributed by atoms with Crippen molar-refractivity contribution >= 4 is 22.2 Å². The highest BCUT2D eigenvalue weighted by molar-refractivity contribution is 7.15. The first-order valence-corrected chi connectivity index (χ1v) is 9.46. The van der Waals surface area contributed by atoms with E-state index in [4.69, 9.17) is 9.40 Å². The summed E-state index contributed by atoms with van der Waals surface area (Å²) < 4.78 is 5.90. The molecule has 4 nitrogen and oxygen atoms in total. The minimum Gasteiger partial charge on any atom is -0.440 e. The summed E-state index contributed by atoms with van der Waals surface area (Å²) >= 11 is 1.71. The molecule has 1 aromatic carbocycles. The summed E-state index contributed by atoms with van der Waals surface area (Å²) in [6.07, 6.45) is 1.84. The predicted octanol–water partition coefficient (Wildman–Crippen LogP) is 5.20. The molecule has 0 aliphatic rings. The Morgan fingerprint density at radius 1 is 1.04 bits per heavy atom. The topological polar surface area (TPSA) is 42.2 Å². The SMILES string of the molecule is Cc1ccc(-c2nc(CN(C)Cc3cccc4ncccc34)c(C)o2)s1. The number of oxazole rings is 1. The molecular formula is C21H21N3OS. The molecule has 0 fully saturated rings. The molecule has 0 unspecified atom stereocenters. The smallest absolute Gasteiger partial charge is 0.236 e. The van der Waals surface area contributed by atoms with Gasteiger partial charge < -0.3 is 4.42 Å². The molecule has 0 radical (unpaired) electrons. The van der Waals surface area contributed by atoms with Gasteiger partial charge in [-0.25, -0.2) is 4.98 Å². The van der Waals surface area contributed by atoms with Crippen LogP contribution in [-0.2, 0) is 13.1 Å². The number of rotatable bonds is 5. The molecule has 132 valence electrons. The molecule has 3 aromatic heterocycles. The molecule has 0 atom stereocenters. The molecular weight excluding hydrogens is 342 g/mol. The molecule has 26 heavy (non-hydrogen) atoms. The molecule has 0 amide bonds. The Kier molecular flexibility index (Phi) is 4.57. The second kappa shape index (κ2) is 7.02. The fraction of sp³-hybridized carbons (Fsp3) is 0.238. The van der Waals surface area contributed by atoms with E-state index in [-0.39, 0.29) is 0 Å². The summed E-state index contributed by atoms with van der Waals surface area (Å²) in [4.78, 5) is 13.8. The van der Waals surface area contributed by atoms with Crippen LogP contribution in [0.2, 0.25) is 0 Å². The maximum Gasteiger partial charge on any atom is 0.236 e. The van der Waals surface area contributed by atoms with E-state index in [9.17, 15) is 0 Å². The number of aryl methyl sites for hydroxylation is 2. The molecule has 0 saturated heterocycles. The zero-order valence-electron chi connectivity index (χ0n) is 15.2. The summed E-state index contributed by atoms with van der Waals surface area (Å²) in [5, 5.41) is 1.20. The lowest BCUT2D eigenvalue weighted by atomic mass is 10.1. The number of hydrogen-bond donors (Lipinski definition) is 0. The van der Waals surface area contributed by atoms with Gasteiger partial charge in [0.15, 0.2) is 0 Å². The molecule has 0 N–H and O–H groups in total. The van der Waals surface area contributed by atoms with E-state index < -0.39 is 0 Å². The molecule has 0 spiro atoms. The highest BCUT2D eigenvalue weighted by Crippen LogP contribution is 2.29. The van der Waals surface area contributed by atoms with E-state index in [1.165, 1.54) is 15.8 Å². The highest BCUT2D eigenvalue weighted by atomic mass is 32.1. The largest absolute Gasteiger partial charge is 0.440 e. The molecule has 4 aromatic rings. The van der Waals surface area contributed by atoms with Crippen molar-refractivity contribution in [2.75, 3.05) is 7.05 Å². The summed E-state index contributed by atoms with van der Waals surface area (Å²) in [6.45, 7) is 5.67. The Morgan fingerprint density at radius 3 is 2.73 bits per heavy atom. The van der Waals surface area contributed by atoms with Crippen LogP contribution in [-0.4, -0.2) is 21.9 Å². The van der Waals surface area contributed by atoms with Gasteiger partial charge in [-0.2, -0.15) is 0 Å². The minimum absolute atomic E-state index is 0.721.